The first kappa shape index (κ1) is 16.0. The predicted octanol–water partition coefficient (Wildman–Crippen LogP) is 1.82. The van der Waals surface area contributed by atoms with Gasteiger partial charge in [-0.1, -0.05) is 12.1 Å². The number of para-hydroxylation sites is 2. The number of hydrogen-bond donors (Lipinski definition) is 1. The van der Waals surface area contributed by atoms with E-state index in [9.17, 15) is 4.21 Å². The Hall–Kier alpha value is -1.07. The molecule has 0 radical (unpaired) electrons. The van der Waals surface area contributed by atoms with Gasteiger partial charge in [-0.15, -0.1) is 0 Å². The zero-order valence-electron chi connectivity index (χ0n) is 11.8. The van der Waals surface area contributed by atoms with E-state index in [1.165, 1.54) is 0 Å². The number of benzene rings is 1. The molecule has 0 aliphatic heterocycles. The van der Waals surface area contributed by atoms with Crippen molar-refractivity contribution in [1.82, 2.24) is 5.32 Å². The van der Waals surface area contributed by atoms with E-state index in [0.29, 0.717) is 19.0 Å². The van der Waals surface area contributed by atoms with Crippen LogP contribution in [-0.4, -0.2) is 42.0 Å². The maximum Gasteiger partial charge on any atom is 0.161 e. The van der Waals surface area contributed by atoms with E-state index in [-0.39, 0.29) is 6.04 Å². The molecule has 0 aliphatic carbocycles. The number of nitrogens with one attached hydrogen (secondary N) is 1. The quantitative estimate of drug-likeness (QED) is 0.703. The summed E-state index contributed by atoms with van der Waals surface area (Å²) in [7, 11) is -0.767. The second kappa shape index (κ2) is 8.93. The average molecular weight is 285 g/mol. The molecule has 0 heterocycles. The molecule has 1 N–H and O–H groups in total. The number of rotatable bonds is 9. The van der Waals surface area contributed by atoms with Gasteiger partial charge in [-0.05, 0) is 26.0 Å². The van der Waals surface area contributed by atoms with E-state index >= 15 is 0 Å². The summed E-state index contributed by atoms with van der Waals surface area (Å²) in [6, 6.07) is 7.88. The van der Waals surface area contributed by atoms with E-state index in [4.69, 9.17) is 9.47 Å². The lowest BCUT2D eigenvalue weighted by atomic mass is 10.3. The number of ether oxygens (including phenoxy) is 2. The van der Waals surface area contributed by atoms with E-state index < -0.39 is 10.8 Å². The van der Waals surface area contributed by atoms with Gasteiger partial charge in [-0.3, -0.25) is 4.21 Å². The smallest absolute Gasteiger partial charge is 0.161 e. The fourth-order valence-corrected chi connectivity index (χ4v) is 2.54. The molecule has 0 amide bonds. The molecule has 108 valence electrons. The van der Waals surface area contributed by atoms with Crippen molar-refractivity contribution in [3.8, 4) is 11.5 Å². The summed E-state index contributed by atoms with van der Waals surface area (Å²) in [5.41, 5.74) is 0. The molecule has 0 aliphatic rings. The van der Waals surface area contributed by atoms with Crippen LogP contribution in [0.2, 0.25) is 0 Å². The molecular formula is C14H23NO3S. The summed E-state index contributed by atoms with van der Waals surface area (Å²) in [4.78, 5) is 0. The van der Waals surface area contributed by atoms with E-state index in [1.807, 2.05) is 38.1 Å². The molecule has 0 bridgehead atoms. The maximum absolute atomic E-state index is 11.0. The normalized spacial score (nSPS) is 13.8. The van der Waals surface area contributed by atoms with Gasteiger partial charge in [0.05, 0.1) is 6.61 Å². The highest BCUT2D eigenvalue weighted by atomic mass is 32.2. The van der Waals surface area contributed by atoms with Crippen molar-refractivity contribution in [2.75, 3.05) is 31.8 Å². The van der Waals surface area contributed by atoms with Crippen LogP contribution in [0.1, 0.15) is 13.8 Å². The minimum atomic E-state index is -0.767. The van der Waals surface area contributed by atoms with Gasteiger partial charge < -0.3 is 14.8 Å². The molecule has 1 aromatic rings. The van der Waals surface area contributed by atoms with Gasteiger partial charge in [0.25, 0.3) is 0 Å². The Balaban J connectivity index is 2.31. The summed E-state index contributed by atoms with van der Waals surface area (Å²) in [5, 5.41) is 3.28. The fraction of sp³-hybridized carbons (Fsp3) is 0.571. The Morgan fingerprint density at radius 3 is 2.47 bits per heavy atom. The van der Waals surface area contributed by atoms with Crippen molar-refractivity contribution in [2.45, 2.75) is 19.9 Å². The van der Waals surface area contributed by atoms with Crippen LogP contribution in [0.15, 0.2) is 24.3 Å². The van der Waals surface area contributed by atoms with Crippen LogP contribution in [0.4, 0.5) is 0 Å². The minimum absolute atomic E-state index is 0.233. The lowest BCUT2D eigenvalue weighted by Gasteiger charge is -2.14. The number of hydrogen-bond acceptors (Lipinski definition) is 4. The van der Waals surface area contributed by atoms with Gasteiger partial charge in [-0.2, -0.15) is 0 Å². The zero-order chi connectivity index (χ0) is 14.1. The summed E-state index contributed by atoms with van der Waals surface area (Å²) >= 11 is 0. The molecule has 2 atom stereocenters. The van der Waals surface area contributed by atoms with Crippen molar-refractivity contribution in [3.63, 3.8) is 0 Å². The van der Waals surface area contributed by atoms with Crippen LogP contribution >= 0.6 is 0 Å². The Bertz CT molecular complexity index is 398. The molecule has 1 aromatic carbocycles. The highest BCUT2D eigenvalue weighted by Crippen LogP contribution is 2.25. The van der Waals surface area contributed by atoms with Crippen LogP contribution in [0.3, 0.4) is 0 Å². The maximum atomic E-state index is 11.0. The second-order valence-corrected chi connectivity index (χ2v) is 5.80. The first-order valence-corrected chi connectivity index (χ1v) is 8.24. The standard InChI is InChI=1S/C14H23NO3S/c1-4-17-13-7-5-6-8-14(13)18-10-9-15-12(2)11-19(3)16/h5-8,12,15H,4,9-11H2,1-3H3. The Labute approximate surface area is 118 Å². The molecule has 19 heavy (non-hydrogen) atoms. The Morgan fingerprint density at radius 2 is 1.89 bits per heavy atom. The van der Waals surface area contributed by atoms with E-state index in [0.717, 1.165) is 18.0 Å². The topological polar surface area (TPSA) is 47.6 Å². The van der Waals surface area contributed by atoms with Gasteiger partial charge in [0, 0.05) is 35.4 Å². The van der Waals surface area contributed by atoms with Crippen LogP contribution in [0.25, 0.3) is 0 Å². The van der Waals surface area contributed by atoms with Crippen LogP contribution in [-0.2, 0) is 10.8 Å². The van der Waals surface area contributed by atoms with Gasteiger partial charge >= 0.3 is 0 Å². The van der Waals surface area contributed by atoms with Gasteiger partial charge in [0.1, 0.15) is 6.61 Å². The van der Waals surface area contributed by atoms with Crippen LogP contribution in [0, 0.1) is 0 Å². The third-order valence-electron chi connectivity index (χ3n) is 2.49. The highest BCUT2D eigenvalue weighted by Gasteiger charge is 2.05. The zero-order valence-corrected chi connectivity index (χ0v) is 12.7. The van der Waals surface area contributed by atoms with Gasteiger partial charge in [0.15, 0.2) is 11.5 Å². The third-order valence-corrected chi connectivity index (χ3v) is 3.46. The monoisotopic (exact) mass is 285 g/mol. The molecular weight excluding hydrogens is 262 g/mol. The largest absolute Gasteiger partial charge is 0.490 e. The Kier molecular flexibility index (Phi) is 7.52. The molecule has 0 fully saturated rings. The summed E-state index contributed by atoms with van der Waals surface area (Å²) in [6.45, 7) is 5.88. The second-order valence-electron chi connectivity index (χ2n) is 4.32. The van der Waals surface area contributed by atoms with Gasteiger partial charge in [-0.25, -0.2) is 0 Å². The van der Waals surface area contributed by atoms with Crippen molar-refractivity contribution < 1.29 is 13.7 Å². The minimum Gasteiger partial charge on any atom is -0.490 e. The average Bonchev–Trinajstić information content (AvgIpc) is 2.36. The lowest BCUT2D eigenvalue weighted by molar-refractivity contribution is 0.273. The predicted molar refractivity (Wildman–Crippen MR) is 79.5 cm³/mol. The molecule has 4 nitrogen and oxygen atoms in total. The van der Waals surface area contributed by atoms with Crippen molar-refractivity contribution >= 4 is 10.8 Å². The fourth-order valence-electron chi connectivity index (χ4n) is 1.72. The van der Waals surface area contributed by atoms with E-state index in [2.05, 4.69) is 5.32 Å². The summed E-state index contributed by atoms with van der Waals surface area (Å²) in [6.07, 6.45) is 1.72. The van der Waals surface area contributed by atoms with Crippen molar-refractivity contribution in [3.05, 3.63) is 24.3 Å². The first-order chi connectivity index (χ1) is 9.13. The molecule has 0 saturated carbocycles. The van der Waals surface area contributed by atoms with Gasteiger partial charge in [0.2, 0.25) is 0 Å². The van der Waals surface area contributed by atoms with Crippen LogP contribution < -0.4 is 14.8 Å². The SMILES string of the molecule is CCOc1ccccc1OCCNC(C)CS(C)=O. The first-order valence-electron chi connectivity index (χ1n) is 6.51. The molecule has 5 heteroatoms. The molecule has 0 spiro atoms. The molecule has 1 rings (SSSR count). The van der Waals surface area contributed by atoms with Crippen molar-refractivity contribution in [1.29, 1.82) is 0 Å². The summed E-state index contributed by atoms with van der Waals surface area (Å²) in [5.74, 6) is 2.20. The molecule has 0 aromatic heterocycles. The van der Waals surface area contributed by atoms with Crippen LogP contribution in [0.5, 0.6) is 11.5 Å². The van der Waals surface area contributed by atoms with E-state index in [1.54, 1.807) is 6.26 Å². The third kappa shape index (κ3) is 6.59. The molecule has 0 saturated heterocycles. The summed E-state index contributed by atoms with van der Waals surface area (Å²) < 4.78 is 22.2. The Morgan fingerprint density at radius 1 is 1.26 bits per heavy atom. The van der Waals surface area contributed by atoms with Crippen molar-refractivity contribution in [2.24, 2.45) is 0 Å². The highest BCUT2D eigenvalue weighted by molar-refractivity contribution is 7.84. The molecule has 2 unspecified atom stereocenters. The lowest BCUT2D eigenvalue weighted by Crippen LogP contribution is -2.34.